The molecule has 0 bridgehead atoms. The van der Waals surface area contributed by atoms with E-state index in [1.54, 1.807) is 17.0 Å². The van der Waals surface area contributed by atoms with Gasteiger partial charge in [0.2, 0.25) is 11.8 Å². The fraction of sp³-hybridized carbons (Fsp3) is 0.462. The van der Waals surface area contributed by atoms with Crippen LogP contribution in [0.1, 0.15) is 70.1 Å². The molecule has 2 rings (SSSR count). The van der Waals surface area contributed by atoms with Gasteiger partial charge in [0.1, 0.15) is 6.04 Å². The third-order valence-electron chi connectivity index (χ3n) is 5.43. The molecule has 6 heteroatoms. The Morgan fingerprint density at radius 1 is 0.938 bits per heavy atom. The van der Waals surface area contributed by atoms with Crippen molar-refractivity contribution in [3.63, 3.8) is 0 Å². The van der Waals surface area contributed by atoms with Crippen LogP contribution in [0, 0.1) is 0 Å². The summed E-state index contributed by atoms with van der Waals surface area (Å²) in [7, 11) is 0. The zero-order valence-electron chi connectivity index (χ0n) is 19.6. The van der Waals surface area contributed by atoms with Gasteiger partial charge in [-0.15, -0.1) is 0 Å². The van der Waals surface area contributed by atoms with Crippen LogP contribution < -0.4 is 5.32 Å². The van der Waals surface area contributed by atoms with Crippen molar-refractivity contribution in [1.29, 1.82) is 0 Å². The van der Waals surface area contributed by atoms with Crippen LogP contribution in [-0.2, 0) is 22.6 Å². The number of carbonyl (C=O) groups excluding carboxylic acids is 2. The highest BCUT2D eigenvalue weighted by atomic mass is 35.5. The van der Waals surface area contributed by atoms with E-state index in [4.69, 9.17) is 23.2 Å². The van der Waals surface area contributed by atoms with E-state index in [1.807, 2.05) is 26.8 Å². The van der Waals surface area contributed by atoms with E-state index in [-0.39, 0.29) is 17.9 Å². The minimum absolute atomic E-state index is 0.00190. The lowest BCUT2D eigenvalue weighted by Gasteiger charge is -2.31. The number of aryl methyl sites for hydroxylation is 1. The van der Waals surface area contributed by atoms with Crippen LogP contribution in [-0.4, -0.2) is 28.8 Å². The predicted molar refractivity (Wildman–Crippen MR) is 133 cm³/mol. The average Bonchev–Trinajstić information content (AvgIpc) is 2.74. The smallest absolute Gasteiger partial charge is 0.243 e. The number of nitrogens with zero attached hydrogens (tertiary/aromatic N) is 1. The summed E-state index contributed by atoms with van der Waals surface area (Å²) in [4.78, 5) is 27.9. The number of halogens is 2. The highest BCUT2D eigenvalue weighted by Gasteiger charge is 2.28. The molecule has 0 spiro atoms. The van der Waals surface area contributed by atoms with E-state index in [9.17, 15) is 9.59 Å². The second-order valence-electron chi connectivity index (χ2n) is 8.75. The summed E-state index contributed by atoms with van der Waals surface area (Å²) in [5.74, 6) is 0.268. The van der Waals surface area contributed by atoms with Gasteiger partial charge in [-0.25, -0.2) is 0 Å². The molecule has 0 aromatic heterocycles. The first-order valence-corrected chi connectivity index (χ1v) is 12.0. The second-order valence-corrected chi connectivity index (χ2v) is 9.57. The van der Waals surface area contributed by atoms with Crippen LogP contribution >= 0.6 is 23.2 Å². The first kappa shape index (κ1) is 26.2. The lowest BCUT2D eigenvalue weighted by Crippen LogP contribution is -2.50. The molecule has 1 atom stereocenters. The topological polar surface area (TPSA) is 49.4 Å². The van der Waals surface area contributed by atoms with E-state index < -0.39 is 6.04 Å². The Hall–Kier alpha value is -2.04. The van der Waals surface area contributed by atoms with Crippen LogP contribution in [0.5, 0.6) is 0 Å². The molecule has 0 aliphatic carbocycles. The van der Waals surface area contributed by atoms with Crippen molar-refractivity contribution in [2.45, 2.75) is 78.4 Å². The van der Waals surface area contributed by atoms with Gasteiger partial charge in [0.15, 0.2) is 0 Å². The van der Waals surface area contributed by atoms with Gasteiger partial charge in [-0.1, -0.05) is 74.3 Å². The largest absolute Gasteiger partial charge is 0.352 e. The van der Waals surface area contributed by atoms with Crippen LogP contribution in [0.4, 0.5) is 0 Å². The SMILES string of the molecule is CC[C@H](C(=O)NC(C)C)N(Cc1ccc(Cl)c(Cl)c1)C(=O)CCc1ccc(C(C)C)cc1. The molecule has 0 aliphatic heterocycles. The number of hydrogen-bond donors (Lipinski definition) is 1. The fourth-order valence-corrected chi connectivity index (χ4v) is 3.92. The highest BCUT2D eigenvalue weighted by Crippen LogP contribution is 2.24. The lowest BCUT2D eigenvalue weighted by molar-refractivity contribution is -0.141. The fourth-order valence-electron chi connectivity index (χ4n) is 3.60. The quantitative estimate of drug-likeness (QED) is 0.432. The Bertz CT molecular complexity index is 911. The molecule has 2 aromatic carbocycles. The second kappa shape index (κ2) is 12.3. The molecule has 0 unspecified atom stereocenters. The van der Waals surface area contributed by atoms with Crippen molar-refractivity contribution in [3.05, 3.63) is 69.2 Å². The van der Waals surface area contributed by atoms with Gasteiger partial charge in [0.25, 0.3) is 0 Å². The zero-order chi connectivity index (χ0) is 23.8. The summed E-state index contributed by atoms with van der Waals surface area (Å²) in [6, 6.07) is 13.1. The van der Waals surface area contributed by atoms with Crippen molar-refractivity contribution < 1.29 is 9.59 Å². The molecule has 0 radical (unpaired) electrons. The summed E-state index contributed by atoms with van der Waals surface area (Å²) in [6.07, 6.45) is 1.47. The maximum atomic E-state index is 13.3. The number of carbonyl (C=O) groups is 2. The molecule has 0 fully saturated rings. The average molecular weight is 477 g/mol. The molecule has 0 saturated heterocycles. The van der Waals surface area contributed by atoms with Crippen molar-refractivity contribution in [2.24, 2.45) is 0 Å². The third kappa shape index (κ3) is 7.53. The van der Waals surface area contributed by atoms with Gasteiger partial charge >= 0.3 is 0 Å². The Kier molecular flexibility index (Phi) is 10.0. The molecule has 4 nitrogen and oxygen atoms in total. The van der Waals surface area contributed by atoms with E-state index in [0.717, 1.165) is 11.1 Å². The third-order valence-corrected chi connectivity index (χ3v) is 6.17. The Labute approximate surface area is 202 Å². The minimum Gasteiger partial charge on any atom is -0.352 e. The van der Waals surface area contributed by atoms with E-state index in [1.165, 1.54) is 5.56 Å². The summed E-state index contributed by atoms with van der Waals surface area (Å²) in [5.41, 5.74) is 3.22. The van der Waals surface area contributed by atoms with E-state index in [2.05, 4.69) is 43.4 Å². The number of nitrogens with one attached hydrogen (secondary N) is 1. The van der Waals surface area contributed by atoms with Crippen LogP contribution in [0.25, 0.3) is 0 Å². The summed E-state index contributed by atoms with van der Waals surface area (Å²) in [6.45, 7) is 10.4. The molecule has 1 N–H and O–H groups in total. The maximum Gasteiger partial charge on any atom is 0.243 e. The zero-order valence-corrected chi connectivity index (χ0v) is 21.1. The number of rotatable bonds is 10. The number of amides is 2. The summed E-state index contributed by atoms with van der Waals surface area (Å²) < 4.78 is 0. The Balaban J connectivity index is 2.21. The normalized spacial score (nSPS) is 12.2. The van der Waals surface area contributed by atoms with Gasteiger partial charge in [-0.2, -0.15) is 0 Å². The predicted octanol–water partition coefficient (Wildman–Crippen LogP) is 6.38. The van der Waals surface area contributed by atoms with Gasteiger partial charge in [-0.05, 0) is 61.4 Å². The maximum absolute atomic E-state index is 13.3. The van der Waals surface area contributed by atoms with Crippen molar-refractivity contribution in [1.82, 2.24) is 10.2 Å². The lowest BCUT2D eigenvalue weighted by atomic mass is 10.00. The van der Waals surface area contributed by atoms with Crippen LogP contribution in [0.15, 0.2) is 42.5 Å². The molecule has 2 amide bonds. The first-order chi connectivity index (χ1) is 15.1. The number of benzene rings is 2. The van der Waals surface area contributed by atoms with Crippen molar-refractivity contribution in [3.8, 4) is 0 Å². The van der Waals surface area contributed by atoms with Crippen LogP contribution in [0.3, 0.4) is 0 Å². The van der Waals surface area contributed by atoms with Gasteiger partial charge in [-0.3, -0.25) is 9.59 Å². The molecule has 0 heterocycles. The standard InChI is InChI=1S/C26H34Cl2N2O2/c1-6-24(26(32)29-18(4)5)30(16-20-9-13-22(27)23(28)15-20)25(31)14-10-19-7-11-21(12-8-19)17(2)3/h7-9,11-13,15,17-18,24H,6,10,14,16H2,1-5H3,(H,29,32)/t24-/m1/s1. The van der Waals surface area contributed by atoms with E-state index in [0.29, 0.717) is 41.8 Å². The molecule has 0 aliphatic rings. The molecule has 174 valence electrons. The van der Waals surface area contributed by atoms with Crippen molar-refractivity contribution in [2.75, 3.05) is 0 Å². The Morgan fingerprint density at radius 3 is 2.09 bits per heavy atom. The molecule has 0 saturated carbocycles. The van der Waals surface area contributed by atoms with Crippen molar-refractivity contribution >= 4 is 35.0 Å². The van der Waals surface area contributed by atoms with E-state index >= 15 is 0 Å². The van der Waals surface area contributed by atoms with Gasteiger partial charge in [0, 0.05) is 19.0 Å². The Morgan fingerprint density at radius 2 is 1.56 bits per heavy atom. The molecular weight excluding hydrogens is 443 g/mol. The minimum atomic E-state index is -0.553. The number of hydrogen-bond acceptors (Lipinski definition) is 2. The molecule has 2 aromatic rings. The molecule has 32 heavy (non-hydrogen) atoms. The van der Waals surface area contributed by atoms with Gasteiger partial charge < -0.3 is 10.2 Å². The highest BCUT2D eigenvalue weighted by molar-refractivity contribution is 6.42. The monoisotopic (exact) mass is 476 g/mol. The van der Waals surface area contributed by atoms with Crippen LogP contribution in [0.2, 0.25) is 10.0 Å². The first-order valence-electron chi connectivity index (χ1n) is 11.2. The summed E-state index contributed by atoms with van der Waals surface area (Å²) in [5, 5.41) is 3.84. The molecular formula is C26H34Cl2N2O2. The summed E-state index contributed by atoms with van der Waals surface area (Å²) >= 11 is 12.2. The van der Waals surface area contributed by atoms with Gasteiger partial charge in [0.05, 0.1) is 10.0 Å².